The maximum Gasteiger partial charge on any atom is 0.335 e. The molecule has 0 bridgehead atoms. The minimum absolute atomic E-state index is 0.181. The van der Waals surface area contributed by atoms with Gasteiger partial charge in [-0.2, -0.15) is 0 Å². The number of ether oxygens (including phenoxy) is 1. The zero-order valence-corrected chi connectivity index (χ0v) is 11.3. The lowest BCUT2D eigenvalue weighted by molar-refractivity contribution is -0.122. The van der Waals surface area contributed by atoms with Crippen molar-refractivity contribution in [3.63, 3.8) is 0 Å². The van der Waals surface area contributed by atoms with Crippen molar-refractivity contribution in [2.75, 3.05) is 19.8 Å². The van der Waals surface area contributed by atoms with Gasteiger partial charge in [-0.25, -0.2) is 9.59 Å². The minimum atomic E-state index is -0.997. The second-order valence-corrected chi connectivity index (χ2v) is 4.13. The van der Waals surface area contributed by atoms with Crippen LogP contribution < -0.4 is 16.4 Å². The molecule has 1 aromatic carbocycles. The molecule has 8 nitrogen and oxygen atoms in total. The van der Waals surface area contributed by atoms with Crippen molar-refractivity contribution in [1.82, 2.24) is 10.6 Å². The first-order valence-electron chi connectivity index (χ1n) is 6.19. The third-order valence-corrected chi connectivity index (χ3v) is 2.43. The second-order valence-electron chi connectivity index (χ2n) is 4.13. The number of nitrogens with one attached hydrogen (secondary N) is 2. The van der Waals surface area contributed by atoms with Crippen LogP contribution in [0, 0.1) is 0 Å². The summed E-state index contributed by atoms with van der Waals surface area (Å²) in [5.74, 6) is -1.56. The van der Waals surface area contributed by atoms with E-state index >= 15 is 0 Å². The Bertz CT molecular complexity index is 501. The first-order valence-corrected chi connectivity index (χ1v) is 6.19. The van der Waals surface area contributed by atoms with E-state index < -0.39 is 11.9 Å². The molecule has 1 rings (SSSR count). The van der Waals surface area contributed by atoms with Crippen LogP contribution in [0.1, 0.15) is 15.9 Å². The van der Waals surface area contributed by atoms with Crippen molar-refractivity contribution in [3.8, 4) is 0 Å². The molecular weight excluding hydrogens is 278 g/mol. The summed E-state index contributed by atoms with van der Waals surface area (Å²) in [6.07, 6.45) is 0. The van der Waals surface area contributed by atoms with Crippen molar-refractivity contribution in [2.24, 2.45) is 5.73 Å². The summed E-state index contributed by atoms with van der Waals surface area (Å²) in [6, 6.07) is 5.79. The first kappa shape index (κ1) is 16.4. The van der Waals surface area contributed by atoms with Gasteiger partial charge < -0.3 is 26.2 Å². The Balaban J connectivity index is 2.20. The van der Waals surface area contributed by atoms with Gasteiger partial charge in [0.2, 0.25) is 5.91 Å². The molecule has 0 saturated heterocycles. The number of hydrogen-bond acceptors (Lipinski definition) is 4. The highest BCUT2D eigenvalue weighted by atomic mass is 16.5. The highest BCUT2D eigenvalue weighted by molar-refractivity contribution is 5.87. The van der Waals surface area contributed by atoms with Crippen LogP contribution in [0.2, 0.25) is 0 Å². The van der Waals surface area contributed by atoms with Crippen molar-refractivity contribution in [2.45, 2.75) is 6.54 Å². The Kier molecular flexibility index (Phi) is 6.69. The fourth-order valence-corrected chi connectivity index (χ4v) is 1.42. The molecule has 0 aliphatic carbocycles. The molecule has 0 aromatic heterocycles. The maximum absolute atomic E-state index is 11.4. The SMILES string of the molecule is NC(=O)COCCNC(=O)NCc1ccc(C(=O)O)cc1. The van der Waals surface area contributed by atoms with Gasteiger partial charge in [0, 0.05) is 13.1 Å². The molecule has 1 aromatic rings. The molecule has 114 valence electrons. The highest BCUT2D eigenvalue weighted by Gasteiger charge is 2.03. The van der Waals surface area contributed by atoms with Crippen LogP contribution in [0.25, 0.3) is 0 Å². The van der Waals surface area contributed by atoms with Gasteiger partial charge in [-0.15, -0.1) is 0 Å². The van der Waals surface area contributed by atoms with E-state index in [-0.39, 0.29) is 37.9 Å². The largest absolute Gasteiger partial charge is 0.478 e. The summed E-state index contributed by atoms with van der Waals surface area (Å²) in [6.45, 7) is 0.522. The zero-order chi connectivity index (χ0) is 15.7. The van der Waals surface area contributed by atoms with E-state index in [1.807, 2.05) is 0 Å². The fraction of sp³-hybridized carbons (Fsp3) is 0.308. The number of carboxylic acid groups (broad SMARTS) is 1. The van der Waals surface area contributed by atoms with Crippen LogP contribution in [-0.4, -0.2) is 42.8 Å². The minimum Gasteiger partial charge on any atom is -0.478 e. The number of carboxylic acids is 1. The van der Waals surface area contributed by atoms with E-state index in [1.54, 1.807) is 12.1 Å². The molecule has 0 fully saturated rings. The van der Waals surface area contributed by atoms with Gasteiger partial charge in [0.05, 0.1) is 12.2 Å². The molecule has 0 radical (unpaired) electrons. The van der Waals surface area contributed by atoms with Crippen molar-refractivity contribution in [3.05, 3.63) is 35.4 Å². The van der Waals surface area contributed by atoms with Crippen LogP contribution in [0.15, 0.2) is 24.3 Å². The first-order chi connectivity index (χ1) is 9.99. The predicted molar refractivity (Wildman–Crippen MR) is 73.7 cm³/mol. The quantitative estimate of drug-likeness (QED) is 0.488. The number of urea groups is 1. The molecule has 5 N–H and O–H groups in total. The fourth-order valence-electron chi connectivity index (χ4n) is 1.42. The molecule has 8 heteroatoms. The Morgan fingerprint density at radius 1 is 1.14 bits per heavy atom. The molecule has 0 heterocycles. The van der Waals surface area contributed by atoms with Crippen molar-refractivity contribution < 1.29 is 24.2 Å². The molecule has 3 amide bonds. The third-order valence-electron chi connectivity index (χ3n) is 2.43. The molecule has 21 heavy (non-hydrogen) atoms. The number of rotatable bonds is 8. The van der Waals surface area contributed by atoms with E-state index in [1.165, 1.54) is 12.1 Å². The molecule has 0 spiro atoms. The van der Waals surface area contributed by atoms with Crippen LogP contribution in [0.4, 0.5) is 4.79 Å². The number of primary amides is 1. The number of aromatic carboxylic acids is 1. The van der Waals surface area contributed by atoms with Crippen LogP contribution in [0.3, 0.4) is 0 Å². The van der Waals surface area contributed by atoms with Gasteiger partial charge in [-0.3, -0.25) is 4.79 Å². The smallest absolute Gasteiger partial charge is 0.335 e. The molecular formula is C13H17N3O5. The number of hydrogen-bond donors (Lipinski definition) is 4. The highest BCUT2D eigenvalue weighted by Crippen LogP contribution is 2.03. The summed E-state index contributed by atoms with van der Waals surface area (Å²) in [4.78, 5) is 32.5. The Morgan fingerprint density at radius 2 is 1.81 bits per heavy atom. The summed E-state index contributed by atoms with van der Waals surface area (Å²) < 4.78 is 4.87. The lowest BCUT2D eigenvalue weighted by Gasteiger charge is -2.08. The lowest BCUT2D eigenvalue weighted by Crippen LogP contribution is -2.37. The van der Waals surface area contributed by atoms with Gasteiger partial charge in [0.25, 0.3) is 0 Å². The van der Waals surface area contributed by atoms with E-state index in [0.717, 1.165) is 5.56 Å². The van der Waals surface area contributed by atoms with Crippen LogP contribution >= 0.6 is 0 Å². The number of nitrogens with two attached hydrogens (primary N) is 1. The second kappa shape index (κ2) is 8.54. The molecule has 0 saturated carbocycles. The standard InChI is InChI=1S/C13H17N3O5/c14-11(17)8-21-6-5-15-13(20)16-7-9-1-3-10(4-2-9)12(18)19/h1-4H,5-8H2,(H2,14,17)(H,18,19)(H2,15,16,20). The Labute approximate surface area is 121 Å². The monoisotopic (exact) mass is 295 g/mol. The molecule has 0 unspecified atom stereocenters. The normalized spacial score (nSPS) is 9.90. The van der Waals surface area contributed by atoms with Crippen LogP contribution in [0.5, 0.6) is 0 Å². The van der Waals surface area contributed by atoms with Crippen LogP contribution in [-0.2, 0) is 16.1 Å². The van der Waals surface area contributed by atoms with Crippen molar-refractivity contribution in [1.29, 1.82) is 0 Å². The topological polar surface area (TPSA) is 131 Å². The number of benzene rings is 1. The number of carbonyl (C=O) groups excluding carboxylic acids is 2. The van der Waals surface area contributed by atoms with Gasteiger partial charge >= 0.3 is 12.0 Å². The third kappa shape index (κ3) is 6.92. The van der Waals surface area contributed by atoms with Gasteiger partial charge in [-0.05, 0) is 17.7 Å². The average molecular weight is 295 g/mol. The maximum atomic E-state index is 11.4. The zero-order valence-electron chi connectivity index (χ0n) is 11.3. The summed E-state index contributed by atoms with van der Waals surface area (Å²) in [5, 5.41) is 13.9. The van der Waals surface area contributed by atoms with E-state index in [2.05, 4.69) is 10.6 Å². The molecule has 0 aliphatic rings. The summed E-state index contributed by atoms with van der Waals surface area (Å²) in [5.41, 5.74) is 5.84. The van der Waals surface area contributed by atoms with Crippen molar-refractivity contribution >= 4 is 17.9 Å². The average Bonchev–Trinajstić information content (AvgIpc) is 2.44. The Morgan fingerprint density at radius 3 is 2.38 bits per heavy atom. The molecule has 0 atom stereocenters. The Hall–Kier alpha value is -2.61. The lowest BCUT2D eigenvalue weighted by atomic mass is 10.1. The van der Waals surface area contributed by atoms with E-state index in [9.17, 15) is 14.4 Å². The summed E-state index contributed by atoms with van der Waals surface area (Å²) in [7, 11) is 0. The summed E-state index contributed by atoms with van der Waals surface area (Å²) >= 11 is 0. The predicted octanol–water partition coefficient (Wildman–Crippen LogP) is -0.314. The van der Waals surface area contributed by atoms with E-state index in [0.29, 0.717) is 0 Å². The van der Waals surface area contributed by atoms with E-state index in [4.69, 9.17) is 15.6 Å². The number of amides is 3. The molecule has 0 aliphatic heterocycles. The number of carbonyl (C=O) groups is 3. The van der Waals surface area contributed by atoms with Gasteiger partial charge in [0.15, 0.2) is 0 Å². The van der Waals surface area contributed by atoms with Gasteiger partial charge in [-0.1, -0.05) is 12.1 Å². The van der Waals surface area contributed by atoms with Gasteiger partial charge in [0.1, 0.15) is 6.61 Å².